The monoisotopic (exact) mass is 754 g/mol. The van der Waals surface area contributed by atoms with Gasteiger partial charge in [-0.05, 0) is 124 Å². The fourth-order valence-electron chi connectivity index (χ4n) is 12.9. The Balaban J connectivity index is 1.26. The lowest BCUT2D eigenvalue weighted by Gasteiger charge is -2.70. The van der Waals surface area contributed by atoms with E-state index in [9.17, 15) is 40.9 Å². The van der Waals surface area contributed by atoms with Crippen molar-refractivity contribution in [2.75, 3.05) is 13.2 Å². The molecule has 12 heteroatoms. The molecule has 4 saturated carbocycles. The third-order valence-electron chi connectivity index (χ3n) is 16.3. The van der Waals surface area contributed by atoms with Crippen LogP contribution in [0.15, 0.2) is 11.6 Å². The summed E-state index contributed by atoms with van der Waals surface area (Å²) in [6.45, 7) is 17.2. The number of ether oxygens (including phenoxy) is 4. The number of aliphatic hydroxyl groups is 8. The Morgan fingerprint density at radius 2 is 1.42 bits per heavy atom. The van der Waals surface area contributed by atoms with E-state index in [0.29, 0.717) is 31.1 Å². The van der Waals surface area contributed by atoms with Crippen molar-refractivity contribution in [2.45, 2.75) is 186 Å². The SMILES string of the molecule is CC(C)=CCC[C@](C)(O[C@@H]1O[C@H](CO[C@@H]2OC[C@@H](O)[C@H](O)[C@H]2O)[C@@H](O)[C@H](O)[C@H]1O)[C@H]1CC[C@]2(C)[C@@H]1[C@H](O)C[C@@H]1[C@@]3(C)CC[C@H](O)C(C)(C)C3CC[C@]12C. The highest BCUT2D eigenvalue weighted by atomic mass is 16.7. The molecule has 2 aliphatic heterocycles. The molecule has 2 heterocycles. The molecule has 0 radical (unpaired) electrons. The molecule has 0 aromatic carbocycles. The summed E-state index contributed by atoms with van der Waals surface area (Å²) >= 11 is 0. The van der Waals surface area contributed by atoms with Crippen molar-refractivity contribution in [3.8, 4) is 0 Å². The van der Waals surface area contributed by atoms with Gasteiger partial charge in [0.1, 0.15) is 42.7 Å². The standard InChI is InChI=1S/C41H70O12/c1-21(2)10-9-14-41(8,53-36-34(49)32(47)31(46)25(52-36)20-51-35-33(48)30(45)24(43)19-50-35)22-11-16-40(7)29(22)23(42)18-27-38(5)15-13-28(44)37(3,4)26(38)12-17-39(27,40)6/h10,22-36,42-49H,9,11-20H2,1-8H3/t22-,23+,24+,25+,26?,27+,28-,29-,30-,31+,32-,33+,34+,35-,36-,38-,39+,40+,41-/m0/s1. The summed E-state index contributed by atoms with van der Waals surface area (Å²) in [5.74, 6) is 0.469. The maximum absolute atomic E-state index is 12.4. The van der Waals surface area contributed by atoms with Gasteiger partial charge in [-0.2, -0.15) is 0 Å². The second-order valence-electron chi connectivity index (χ2n) is 19.7. The predicted octanol–water partition coefficient (Wildman–Crippen LogP) is 2.79. The second-order valence-corrected chi connectivity index (χ2v) is 19.7. The first kappa shape index (κ1) is 41.9. The van der Waals surface area contributed by atoms with Crippen molar-refractivity contribution >= 4 is 0 Å². The molecular weight excluding hydrogens is 684 g/mol. The van der Waals surface area contributed by atoms with Crippen LogP contribution in [-0.4, -0.2) is 127 Å². The largest absolute Gasteiger partial charge is 0.393 e. The number of fused-ring (bicyclic) bond motifs is 5. The number of aliphatic hydroxyl groups excluding tert-OH is 8. The molecule has 0 spiro atoms. The van der Waals surface area contributed by atoms with Crippen molar-refractivity contribution in [3.05, 3.63) is 11.6 Å². The minimum atomic E-state index is -1.63. The Morgan fingerprint density at radius 3 is 2.09 bits per heavy atom. The fraction of sp³-hybridized carbons (Fsp3) is 0.951. The molecule has 0 bridgehead atoms. The number of hydrogen-bond donors (Lipinski definition) is 8. The van der Waals surface area contributed by atoms with Crippen molar-refractivity contribution in [1.82, 2.24) is 0 Å². The van der Waals surface area contributed by atoms with Crippen LogP contribution in [0.5, 0.6) is 0 Å². The van der Waals surface area contributed by atoms with Gasteiger partial charge < -0.3 is 59.8 Å². The zero-order valence-corrected chi connectivity index (χ0v) is 33.2. The van der Waals surface area contributed by atoms with Crippen molar-refractivity contribution < 1.29 is 59.8 Å². The molecule has 1 unspecified atom stereocenters. The van der Waals surface area contributed by atoms with Gasteiger partial charge in [0.05, 0.1) is 31.0 Å². The molecule has 8 N–H and O–H groups in total. The van der Waals surface area contributed by atoms with Gasteiger partial charge in [-0.3, -0.25) is 0 Å². The van der Waals surface area contributed by atoms with Crippen molar-refractivity contribution in [2.24, 2.45) is 45.3 Å². The summed E-state index contributed by atoms with van der Waals surface area (Å²) in [4.78, 5) is 0. The van der Waals surface area contributed by atoms with Crippen LogP contribution in [-0.2, 0) is 18.9 Å². The van der Waals surface area contributed by atoms with E-state index in [0.717, 1.165) is 44.1 Å². The lowest BCUT2D eigenvalue weighted by Crippen LogP contribution is -2.67. The van der Waals surface area contributed by atoms with Gasteiger partial charge in [0, 0.05) is 0 Å². The topological polar surface area (TPSA) is 199 Å². The smallest absolute Gasteiger partial charge is 0.187 e. The summed E-state index contributed by atoms with van der Waals surface area (Å²) in [7, 11) is 0. The second kappa shape index (κ2) is 14.9. The number of rotatable bonds is 9. The highest BCUT2D eigenvalue weighted by Gasteiger charge is 2.71. The van der Waals surface area contributed by atoms with Crippen LogP contribution in [0.2, 0.25) is 0 Å². The highest BCUT2D eigenvalue weighted by molar-refractivity contribution is 5.20. The molecule has 6 rings (SSSR count). The first-order chi connectivity index (χ1) is 24.6. The molecular formula is C41H70O12. The molecule has 6 fully saturated rings. The van der Waals surface area contributed by atoms with E-state index in [-0.39, 0.29) is 52.8 Å². The van der Waals surface area contributed by atoms with E-state index < -0.39 is 67.0 Å². The third kappa shape index (κ3) is 6.90. The summed E-state index contributed by atoms with van der Waals surface area (Å²) in [5, 5.41) is 87.0. The van der Waals surface area contributed by atoms with Gasteiger partial charge in [0.25, 0.3) is 0 Å². The normalized spacial score (nSPS) is 52.1. The first-order valence-corrected chi connectivity index (χ1v) is 20.3. The minimum Gasteiger partial charge on any atom is -0.393 e. The third-order valence-corrected chi connectivity index (χ3v) is 16.3. The first-order valence-electron chi connectivity index (χ1n) is 20.3. The zero-order valence-electron chi connectivity index (χ0n) is 33.2. The molecule has 2 saturated heterocycles. The Labute approximate surface area is 315 Å². The number of hydrogen-bond acceptors (Lipinski definition) is 12. The lowest BCUT2D eigenvalue weighted by molar-refractivity contribution is -0.345. The Hall–Kier alpha value is -0.740. The fourth-order valence-corrected chi connectivity index (χ4v) is 12.9. The van der Waals surface area contributed by atoms with Gasteiger partial charge >= 0.3 is 0 Å². The highest BCUT2D eigenvalue weighted by Crippen LogP contribution is 2.76. The van der Waals surface area contributed by atoms with Crippen LogP contribution >= 0.6 is 0 Å². The van der Waals surface area contributed by atoms with Crippen LogP contribution < -0.4 is 0 Å². The van der Waals surface area contributed by atoms with E-state index in [1.54, 1.807) is 0 Å². The molecule has 0 aromatic rings. The molecule has 0 amide bonds. The molecule has 19 atom stereocenters. The molecule has 0 aromatic heterocycles. The van der Waals surface area contributed by atoms with Gasteiger partial charge in [-0.15, -0.1) is 0 Å². The summed E-state index contributed by atoms with van der Waals surface area (Å²) in [6, 6.07) is 0. The predicted molar refractivity (Wildman–Crippen MR) is 195 cm³/mol. The van der Waals surface area contributed by atoms with E-state index >= 15 is 0 Å². The number of allylic oxidation sites excluding steroid dienone is 2. The van der Waals surface area contributed by atoms with Gasteiger partial charge in [0.2, 0.25) is 0 Å². The summed E-state index contributed by atoms with van der Waals surface area (Å²) in [5.41, 5.74) is -0.185. The molecule has 306 valence electrons. The molecule has 6 aliphatic rings. The Bertz CT molecular complexity index is 1320. The average molecular weight is 755 g/mol. The van der Waals surface area contributed by atoms with Gasteiger partial charge in [0.15, 0.2) is 12.6 Å². The van der Waals surface area contributed by atoms with Crippen LogP contribution in [0.4, 0.5) is 0 Å². The van der Waals surface area contributed by atoms with Crippen molar-refractivity contribution in [3.63, 3.8) is 0 Å². The van der Waals surface area contributed by atoms with E-state index in [4.69, 9.17) is 18.9 Å². The molecule has 4 aliphatic carbocycles. The average Bonchev–Trinajstić information content (AvgIpc) is 3.47. The van der Waals surface area contributed by atoms with Crippen LogP contribution in [0.3, 0.4) is 0 Å². The quantitative estimate of drug-likeness (QED) is 0.161. The maximum Gasteiger partial charge on any atom is 0.187 e. The van der Waals surface area contributed by atoms with E-state index in [1.807, 2.05) is 20.8 Å². The van der Waals surface area contributed by atoms with Crippen LogP contribution in [0.25, 0.3) is 0 Å². The minimum absolute atomic E-state index is 0.00324. The molecule has 12 nitrogen and oxygen atoms in total. The van der Waals surface area contributed by atoms with E-state index in [2.05, 4.69) is 40.7 Å². The zero-order chi connectivity index (χ0) is 39.1. The van der Waals surface area contributed by atoms with Crippen molar-refractivity contribution in [1.29, 1.82) is 0 Å². The van der Waals surface area contributed by atoms with Crippen LogP contribution in [0, 0.1) is 45.3 Å². The van der Waals surface area contributed by atoms with E-state index in [1.165, 1.54) is 0 Å². The van der Waals surface area contributed by atoms with Gasteiger partial charge in [-0.25, -0.2) is 0 Å². The Morgan fingerprint density at radius 1 is 0.755 bits per heavy atom. The Kier molecular flexibility index (Phi) is 11.8. The van der Waals surface area contributed by atoms with Crippen LogP contribution in [0.1, 0.15) is 113 Å². The van der Waals surface area contributed by atoms with Gasteiger partial charge in [-0.1, -0.05) is 46.3 Å². The molecule has 53 heavy (non-hydrogen) atoms. The lowest BCUT2D eigenvalue weighted by atomic mass is 9.35. The summed E-state index contributed by atoms with van der Waals surface area (Å²) in [6.07, 6.45) is -4.18. The maximum atomic E-state index is 12.4. The summed E-state index contributed by atoms with van der Waals surface area (Å²) < 4.78 is 24.1.